The number of hydroxylamine groups is 1. The molecular formula is C17H18N4O3. The first kappa shape index (κ1) is 15.9. The number of nitrogens with one attached hydrogen (secondary N) is 1. The summed E-state index contributed by atoms with van der Waals surface area (Å²) in [5, 5.41) is 5.03. The van der Waals surface area contributed by atoms with Crippen molar-refractivity contribution >= 4 is 16.9 Å². The van der Waals surface area contributed by atoms with Crippen molar-refractivity contribution in [1.82, 2.24) is 20.2 Å². The fraction of sp³-hybridized carbons (Fsp3) is 0.235. The molecule has 0 unspecified atom stereocenters. The Hall–Kier alpha value is -2.93. The highest BCUT2D eigenvalue weighted by molar-refractivity contribution is 6.02. The number of amides is 1. The summed E-state index contributed by atoms with van der Waals surface area (Å²) in [5.41, 5.74) is 5.09. The Morgan fingerprint density at radius 3 is 2.75 bits per heavy atom. The van der Waals surface area contributed by atoms with Crippen molar-refractivity contribution < 1.29 is 14.4 Å². The number of carbonyl (C=O) groups is 1. The third-order valence-electron chi connectivity index (χ3n) is 3.67. The summed E-state index contributed by atoms with van der Waals surface area (Å²) in [6.45, 7) is 2.12. The van der Waals surface area contributed by atoms with Crippen LogP contribution < -0.4 is 10.2 Å². The molecule has 0 aliphatic rings. The zero-order valence-electron chi connectivity index (χ0n) is 13.7. The number of rotatable bonds is 5. The summed E-state index contributed by atoms with van der Waals surface area (Å²) in [7, 11) is 3.31. The number of fused-ring (bicyclic) bond motifs is 1. The van der Waals surface area contributed by atoms with Gasteiger partial charge in [0, 0.05) is 13.2 Å². The molecule has 2 aromatic heterocycles. The summed E-state index contributed by atoms with van der Waals surface area (Å²) in [6, 6.07) is 9.57. The average Bonchev–Trinajstić information content (AvgIpc) is 2.89. The molecule has 1 N–H and O–H groups in total. The number of ether oxygens (including phenoxy) is 1. The van der Waals surface area contributed by atoms with Gasteiger partial charge in [0.05, 0.1) is 24.8 Å². The van der Waals surface area contributed by atoms with Gasteiger partial charge in [-0.25, -0.2) is 10.5 Å². The SMILES string of the molecule is COc1c(C(=O)NOCc2ccccc2)cnc2c1c(C)nn2C. The van der Waals surface area contributed by atoms with Gasteiger partial charge in [0.25, 0.3) is 5.91 Å². The first-order valence-corrected chi connectivity index (χ1v) is 7.44. The smallest absolute Gasteiger partial charge is 0.280 e. The van der Waals surface area contributed by atoms with E-state index >= 15 is 0 Å². The predicted octanol–water partition coefficient (Wildman–Crippen LogP) is 2.15. The third kappa shape index (κ3) is 2.93. The maximum Gasteiger partial charge on any atom is 0.280 e. The number of aryl methyl sites for hydroxylation is 2. The Bertz CT molecular complexity index is 874. The fourth-order valence-electron chi connectivity index (χ4n) is 2.57. The number of hydrogen-bond donors (Lipinski definition) is 1. The van der Waals surface area contributed by atoms with Gasteiger partial charge in [-0.3, -0.25) is 14.3 Å². The number of hydrogen-bond acceptors (Lipinski definition) is 5. The van der Waals surface area contributed by atoms with E-state index in [9.17, 15) is 4.79 Å². The van der Waals surface area contributed by atoms with Gasteiger partial charge in [-0.2, -0.15) is 5.10 Å². The van der Waals surface area contributed by atoms with Crippen molar-refractivity contribution in [1.29, 1.82) is 0 Å². The Balaban J connectivity index is 1.80. The lowest BCUT2D eigenvalue weighted by molar-refractivity contribution is 0.0231. The van der Waals surface area contributed by atoms with Crippen LogP contribution in [-0.2, 0) is 18.5 Å². The van der Waals surface area contributed by atoms with Crippen LogP contribution in [0, 0.1) is 6.92 Å². The van der Waals surface area contributed by atoms with E-state index in [4.69, 9.17) is 9.57 Å². The molecule has 0 saturated carbocycles. The van der Waals surface area contributed by atoms with Crippen molar-refractivity contribution in [3.05, 3.63) is 53.3 Å². The summed E-state index contributed by atoms with van der Waals surface area (Å²) >= 11 is 0. The second kappa shape index (κ2) is 6.67. The van der Waals surface area contributed by atoms with E-state index in [1.54, 1.807) is 11.7 Å². The molecule has 0 spiro atoms. The number of aromatic nitrogens is 3. The van der Waals surface area contributed by atoms with Crippen molar-refractivity contribution in [3.63, 3.8) is 0 Å². The van der Waals surface area contributed by atoms with Crippen molar-refractivity contribution in [3.8, 4) is 5.75 Å². The maximum atomic E-state index is 12.4. The maximum absolute atomic E-state index is 12.4. The molecule has 3 aromatic rings. The Kier molecular flexibility index (Phi) is 4.43. The minimum Gasteiger partial charge on any atom is -0.495 e. The molecule has 0 aliphatic heterocycles. The minimum atomic E-state index is -0.416. The van der Waals surface area contributed by atoms with Crippen molar-refractivity contribution in [2.24, 2.45) is 7.05 Å². The first-order chi connectivity index (χ1) is 11.6. The molecule has 0 radical (unpaired) electrons. The van der Waals surface area contributed by atoms with Crippen LogP contribution in [0.1, 0.15) is 21.6 Å². The van der Waals surface area contributed by atoms with E-state index in [2.05, 4.69) is 15.6 Å². The second-order valence-electron chi connectivity index (χ2n) is 5.32. The summed E-state index contributed by atoms with van der Waals surface area (Å²) in [5.74, 6) is 0.0202. The Labute approximate surface area is 139 Å². The van der Waals surface area contributed by atoms with E-state index in [1.165, 1.54) is 13.3 Å². The number of nitrogens with zero attached hydrogens (tertiary/aromatic N) is 3. The molecule has 0 bridgehead atoms. The van der Waals surface area contributed by atoms with Crippen LogP contribution in [0.25, 0.3) is 11.0 Å². The highest BCUT2D eigenvalue weighted by Gasteiger charge is 2.20. The van der Waals surface area contributed by atoms with E-state index in [-0.39, 0.29) is 6.61 Å². The van der Waals surface area contributed by atoms with Crippen LogP contribution >= 0.6 is 0 Å². The molecule has 7 heteroatoms. The lowest BCUT2D eigenvalue weighted by atomic mass is 10.1. The third-order valence-corrected chi connectivity index (χ3v) is 3.67. The Morgan fingerprint density at radius 2 is 2.04 bits per heavy atom. The van der Waals surface area contributed by atoms with Crippen LogP contribution in [0.3, 0.4) is 0 Å². The molecule has 1 aromatic carbocycles. The number of pyridine rings is 1. The van der Waals surface area contributed by atoms with Crippen LogP contribution in [-0.4, -0.2) is 27.8 Å². The van der Waals surface area contributed by atoms with Crippen LogP contribution in [0.2, 0.25) is 0 Å². The topological polar surface area (TPSA) is 78.3 Å². The molecule has 2 heterocycles. The lowest BCUT2D eigenvalue weighted by Crippen LogP contribution is -2.24. The molecule has 1 amide bonds. The largest absolute Gasteiger partial charge is 0.495 e. The predicted molar refractivity (Wildman–Crippen MR) is 88.5 cm³/mol. The zero-order valence-corrected chi connectivity index (χ0v) is 13.7. The number of benzene rings is 1. The summed E-state index contributed by atoms with van der Waals surface area (Å²) < 4.78 is 7.08. The standard InChI is InChI=1S/C17H18N4O3/c1-11-14-15(23-3)13(9-18-16(14)21(2)19-11)17(22)20-24-10-12-7-5-4-6-8-12/h4-9H,10H2,1-3H3,(H,20,22). The first-order valence-electron chi connectivity index (χ1n) is 7.44. The zero-order chi connectivity index (χ0) is 17.1. The molecule has 0 saturated heterocycles. The van der Waals surface area contributed by atoms with Crippen LogP contribution in [0.5, 0.6) is 5.75 Å². The molecule has 7 nitrogen and oxygen atoms in total. The minimum absolute atomic E-state index is 0.274. The quantitative estimate of drug-likeness (QED) is 0.727. The van der Waals surface area contributed by atoms with Gasteiger partial charge in [0.2, 0.25) is 0 Å². The highest BCUT2D eigenvalue weighted by atomic mass is 16.6. The average molecular weight is 326 g/mol. The fourth-order valence-corrected chi connectivity index (χ4v) is 2.57. The highest BCUT2D eigenvalue weighted by Crippen LogP contribution is 2.30. The Morgan fingerprint density at radius 1 is 1.29 bits per heavy atom. The molecule has 124 valence electrons. The van der Waals surface area contributed by atoms with Gasteiger partial charge >= 0.3 is 0 Å². The molecular weight excluding hydrogens is 308 g/mol. The van der Waals surface area contributed by atoms with Gasteiger partial charge in [0.15, 0.2) is 5.65 Å². The van der Waals surface area contributed by atoms with Gasteiger partial charge in [-0.15, -0.1) is 0 Å². The summed E-state index contributed by atoms with van der Waals surface area (Å²) in [6.07, 6.45) is 1.46. The van der Waals surface area contributed by atoms with Gasteiger partial charge in [0.1, 0.15) is 11.3 Å². The molecule has 3 rings (SSSR count). The van der Waals surface area contributed by atoms with Gasteiger partial charge < -0.3 is 4.74 Å². The van der Waals surface area contributed by atoms with Gasteiger partial charge in [-0.1, -0.05) is 30.3 Å². The van der Waals surface area contributed by atoms with Crippen LogP contribution in [0.15, 0.2) is 36.5 Å². The van der Waals surface area contributed by atoms with Gasteiger partial charge in [-0.05, 0) is 12.5 Å². The van der Waals surface area contributed by atoms with Crippen molar-refractivity contribution in [2.45, 2.75) is 13.5 Å². The normalized spacial score (nSPS) is 10.8. The van der Waals surface area contributed by atoms with Crippen LogP contribution in [0.4, 0.5) is 0 Å². The van der Waals surface area contributed by atoms with E-state index in [0.29, 0.717) is 17.0 Å². The number of methoxy groups -OCH3 is 1. The van der Waals surface area contributed by atoms with E-state index in [1.807, 2.05) is 37.3 Å². The molecule has 24 heavy (non-hydrogen) atoms. The molecule has 0 fully saturated rings. The number of carbonyl (C=O) groups excluding carboxylic acids is 1. The second-order valence-corrected chi connectivity index (χ2v) is 5.32. The molecule has 0 atom stereocenters. The van der Waals surface area contributed by atoms with E-state index < -0.39 is 5.91 Å². The summed E-state index contributed by atoms with van der Waals surface area (Å²) in [4.78, 5) is 22.0. The monoisotopic (exact) mass is 326 g/mol. The lowest BCUT2D eigenvalue weighted by Gasteiger charge is -2.10. The molecule has 0 aliphatic carbocycles. The van der Waals surface area contributed by atoms with Crippen molar-refractivity contribution in [2.75, 3.05) is 7.11 Å². The van der Waals surface area contributed by atoms with E-state index in [0.717, 1.165) is 16.6 Å².